The number of alkyl halides is 3. The molecule has 6 nitrogen and oxygen atoms in total. The second-order valence-electron chi connectivity index (χ2n) is 6.41. The number of hydrogen-bond donors (Lipinski definition) is 1. The fraction of sp³-hybridized carbons (Fsp3) is 0.333. The predicted octanol–water partition coefficient (Wildman–Crippen LogP) is 3.20. The molecule has 2 aromatic rings. The van der Waals surface area contributed by atoms with Gasteiger partial charge in [-0.1, -0.05) is 0 Å². The van der Waals surface area contributed by atoms with E-state index in [0.29, 0.717) is 30.4 Å². The molecule has 10 heteroatoms. The van der Waals surface area contributed by atoms with Gasteiger partial charge < -0.3 is 10.1 Å². The Morgan fingerprint density at radius 1 is 1.07 bits per heavy atom. The quantitative estimate of drug-likeness (QED) is 0.831. The number of ether oxygens (including phenoxy) is 1. The number of rotatable bonds is 4. The summed E-state index contributed by atoms with van der Waals surface area (Å²) in [5.74, 6) is 0.0973. The maximum Gasteiger partial charge on any atom is 0.417 e. The molecule has 1 aliphatic heterocycles. The van der Waals surface area contributed by atoms with Gasteiger partial charge >= 0.3 is 6.18 Å². The van der Waals surface area contributed by atoms with Crippen molar-refractivity contribution < 1.29 is 31.1 Å². The molecule has 1 N–H and O–H groups in total. The summed E-state index contributed by atoms with van der Waals surface area (Å²) in [5, 5.41) is 2.80. The van der Waals surface area contributed by atoms with Crippen molar-refractivity contribution in [1.82, 2.24) is 10.3 Å². The maximum atomic E-state index is 12.5. The minimum atomic E-state index is -4.47. The van der Waals surface area contributed by atoms with Gasteiger partial charge in [0.2, 0.25) is 5.88 Å². The van der Waals surface area contributed by atoms with Crippen LogP contribution in [0.15, 0.2) is 42.6 Å². The molecule has 1 aromatic carbocycles. The van der Waals surface area contributed by atoms with Crippen molar-refractivity contribution in [3.05, 3.63) is 53.7 Å². The molecule has 3 rings (SSSR count). The van der Waals surface area contributed by atoms with Crippen LogP contribution in [0.5, 0.6) is 11.6 Å². The number of carbonyl (C=O) groups is 1. The first kappa shape index (κ1) is 20.1. The molecular weight excluding hydrogens is 397 g/mol. The lowest BCUT2D eigenvalue weighted by Crippen LogP contribution is -2.40. The van der Waals surface area contributed by atoms with Crippen LogP contribution in [0, 0.1) is 0 Å². The van der Waals surface area contributed by atoms with Crippen LogP contribution in [0.3, 0.4) is 0 Å². The van der Waals surface area contributed by atoms with Crippen molar-refractivity contribution in [2.75, 3.05) is 11.5 Å². The van der Waals surface area contributed by atoms with Crippen LogP contribution in [0.2, 0.25) is 0 Å². The average molecular weight is 414 g/mol. The van der Waals surface area contributed by atoms with E-state index in [-0.39, 0.29) is 29.3 Å². The standard InChI is InChI=1S/C18H17F3N2O4S/c19-18(20,21)13-3-6-16(22-11-13)27-15-4-1-12(2-5-15)17(24)23-14-7-9-28(25,26)10-8-14/h1-6,11,14H,7-10H2,(H,23,24). The van der Waals surface area contributed by atoms with E-state index < -0.39 is 21.6 Å². The zero-order chi connectivity index (χ0) is 20.4. The molecule has 0 aliphatic carbocycles. The Balaban J connectivity index is 1.58. The Morgan fingerprint density at radius 2 is 1.71 bits per heavy atom. The van der Waals surface area contributed by atoms with Crippen molar-refractivity contribution >= 4 is 15.7 Å². The first-order chi connectivity index (χ1) is 13.1. The molecule has 28 heavy (non-hydrogen) atoms. The van der Waals surface area contributed by atoms with E-state index in [9.17, 15) is 26.4 Å². The number of sulfone groups is 1. The van der Waals surface area contributed by atoms with Crippen LogP contribution < -0.4 is 10.1 Å². The van der Waals surface area contributed by atoms with Crippen LogP contribution in [0.25, 0.3) is 0 Å². The van der Waals surface area contributed by atoms with Crippen molar-refractivity contribution in [2.45, 2.75) is 25.1 Å². The topological polar surface area (TPSA) is 85.4 Å². The van der Waals surface area contributed by atoms with E-state index in [1.807, 2.05) is 0 Å². The lowest BCUT2D eigenvalue weighted by Gasteiger charge is -2.23. The monoisotopic (exact) mass is 414 g/mol. The van der Waals surface area contributed by atoms with Gasteiger partial charge in [0.15, 0.2) is 0 Å². The molecule has 0 spiro atoms. The largest absolute Gasteiger partial charge is 0.439 e. The number of pyridine rings is 1. The molecule has 1 aliphatic rings. The average Bonchev–Trinajstić information content (AvgIpc) is 2.64. The van der Waals surface area contributed by atoms with Crippen LogP contribution >= 0.6 is 0 Å². The third kappa shape index (κ3) is 5.22. The van der Waals surface area contributed by atoms with Crippen molar-refractivity contribution in [2.24, 2.45) is 0 Å². The molecule has 0 radical (unpaired) electrons. The molecule has 0 atom stereocenters. The predicted molar refractivity (Wildman–Crippen MR) is 94.9 cm³/mol. The molecule has 150 valence electrons. The van der Waals surface area contributed by atoms with E-state index >= 15 is 0 Å². The van der Waals surface area contributed by atoms with Gasteiger partial charge in [0, 0.05) is 23.9 Å². The van der Waals surface area contributed by atoms with Crippen LogP contribution in [0.4, 0.5) is 13.2 Å². The summed E-state index contributed by atoms with van der Waals surface area (Å²) >= 11 is 0. The van der Waals surface area contributed by atoms with Gasteiger partial charge in [-0.15, -0.1) is 0 Å². The van der Waals surface area contributed by atoms with Gasteiger partial charge in [-0.05, 0) is 43.2 Å². The highest BCUT2D eigenvalue weighted by Gasteiger charge is 2.30. The molecule has 0 unspecified atom stereocenters. The fourth-order valence-electron chi connectivity index (χ4n) is 2.71. The minimum Gasteiger partial charge on any atom is -0.439 e. The maximum absolute atomic E-state index is 12.5. The normalized spacial score (nSPS) is 17.1. The highest BCUT2D eigenvalue weighted by Crippen LogP contribution is 2.30. The van der Waals surface area contributed by atoms with Crippen LogP contribution in [0.1, 0.15) is 28.8 Å². The van der Waals surface area contributed by atoms with E-state index in [1.54, 1.807) is 0 Å². The van der Waals surface area contributed by atoms with E-state index in [4.69, 9.17) is 4.74 Å². The smallest absolute Gasteiger partial charge is 0.417 e. The van der Waals surface area contributed by atoms with Crippen LogP contribution in [-0.4, -0.2) is 36.9 Å². The summed E-state index contributed by atoms with van der Waals surface area (Å²) in [7, 11) is -3.00. The number of hydrogen-bond acceptors (Lipinski definition) is 5. The summed E-state index contributed by atoms with van der Waals surface area (Å²) in [5.41, 5.74) is -0.511. The second kappa shape index (κ2) is 7.78. The van der Waals surface area contributed by atoms with E-state index in [1.165, 1.54) is 24.3 Å². The van der Waals surface area contributed by atoms with Crippen molar-refractivity contribution in [3.8, 4) is 11.6 Å². The first-order valence-electron chi connectivity index (χ1n) is 8.45. The highest BCUT2D eigenvalue weighted by molar-refractivity contribution is 7.91. The number of aromatic nitrogens is 1. The summed E-state index contributed by atoms with van der Waals surface area (Å²) in [4.78, 5) is 15.9. The summed E-state index contributed by atoms with van der Waals surface area (Å²) in [6.45, 7) is 0. The van der Waals surface area contributed by atoms with Gasteiger partial charge in [-0.2, -0.15) is 13.2 Å². The fourth-order valence-corrected chi connectivity index (χ4v) is 4.20. The second-order valence-corrected chi connectivity index (χ2v) is 8.71. The molecule has 0 saturated carbocycles. The number of amides is 1. The van der Waals surface area contributed by atoms with Gasteiger partial charge in [0.05, 0.1) is 17.1 Å². The molecule has 1 fully saturated rings. The SMILES string of the molecule is O=C(NC1CCS(=O)(=O)CC1)c1ccc(Oc2ccc(C(F)(F)F)cn2)cc1. The molecular formula is C18H17F3N2O4S. The van der Waals surface area contributed by atoms with E-state index in [0.717, 1.165) is 12.1 Å². The number of nitrogens with one attached hydrogen (secondary N) is 1. The third-order valence-electron chi connectivity index (χ3n) is 4.29. The summed E-state index contributed by atoms with van der Waals surface area (Å²) in [6, 6.07) is 7.81. The van der Waals surface area contributed by atoms with Crippen molar-refractivity contribution in [3.63, 3.8) is 0 Å². The number of benzene rings is 1. The zero-order valence-corrected chi connectivity index (χ0v) is 15.4. The lowest BCUT2D eigenvalue weighted by molar-refractivity contribution is -0.137. The highest BCUT2D eigenvalue weighted by atomic mass is 32.2. The van der Waals surface area contributed by atoms with Crippen molar-refractivity contribution in [1.29, 1.82) is 0 Å². The Hall–Kier alpha value is -2.62. The van der Waals surface area contributed by atoms with Gasteiger partial charge in [0.25, 0.3) is 5.91 Å². The minimum absolute atomic E-state index is 0.00591. The third-order valence-corrected chi connectivity index (χ3v) is 6.01. The molecule has 0 bridgehead atoms. The molecule has 1 amide bonds. The van der Waals surface area contributed by atoms with Crippen LogP contribution in [-0.2, 0) is 16.0 Å². The summed E-state index contributed by atoms with van der Waals surface area (Å²) in [6.07, 6.45) is -3.02. The summed E-state index contributed by atoms with van der Waals surface area (Å²) < 4.78 is 65.8. The molecule has 2 heterocycles. The van der Waals surface area contributed by atoms with Gasteiger partial charge in [0.1, 0.15) is 15.6 Å². The Labute approximate surface area is 159 Å². The Morgan fingerprint density at radius 3 is 2.25 bits per heavy atom. The zero-order valence-electron chi connectivity index (χ0n) is 14.6. The van der Waals surface area contributed by atoms with E-state index in [2.05, 4.69) is 10.3 Å². The first-order valence-corrected chi connectivity index (χ1v) is 10.3. The van der Waals surface area contributed by atoms with Gasteiger partial charge in [-0.25, -0.2) is 13.4 Å². The van der Waals surface area contributed by atoms with Gasteiger partial charge in [-0.3, -0.25) is 4.79 Å². The molecule has 1 saturated heterocycles. The Bertz CT molecular complexity index is 928. The number of halogens is 3. The number of nitrogens with zero attached hydrogens (tertiary/aromatic N) is 1. The lowest BCUT2D eigenvalue weighted by atomic mass is 10.1. The number of carbonyl (C=O) groups excluding carboxylic acids is 1. The molecule has 1 aromatic heterocycles. The Kier molecular flexibility index (Phi) is 5.59.